The number of fused-ring (bicyclic) bond motifs is 1. The van der Waals surface area contributed by atoms with Crippen molar-refractivity contribution >= 4 is 29.3 Å². The summed E-state index contributed by atoms with van der Waals surface area (Å²) < 4.78 is 5.87. The average Bonchev–Trinajstić information content (AvgIpc) is 2.87. The van der Waals surface area contributed by atoms with E-state index in [9.17, 15) is 4.79 Å². The van der Waals surface area contributed by atoms with E-state index in [-0.39, 0.29) is 6.10 Å². The van der Waals surface area contributed by atoms with E-state index < -0.39 is 5.97 Å². The lowest BCUT2D eigenvalue weighted by molar-refractivity contribution is 0.0697. The normalized spacial score (nSPS) is 16.3. The number of ether oxygens (including phenoxy) is 1. The number of hydrogen-bond donors (Lipinski definition) is 1. The molecule has 0 saturated carbocycles. The SMILES string of the molecule is O=C(O)c1ccc(SCC2Cc3cc(Cl)ccc3O2)cc1. The summed E-state index contributed by atoms with van der Waals surface area (Å²) in [5.74, 6) is 0.822. The topological polar surface area (TPSA) is 46.5 Å². The highest BCUT2D eigenvalue weighted by molar-refractivity contribution is 7.99. The summed E-state index contributed by atoms with van der Waals surface area (Å²) in [7, 11) is 0. The maximum absolute atomic E-state index is 10.8. The Morgan fingerprint density at radius 1 is 1.29 bits per heavy atom. The number of aromatic carboxylic acids is 1. The number of carbonyl (C=O) groups is 1. The van der Waals surface area contributed by atoms with Crippen LogP contribution < -0.4 is 4.74 Å². The summed E-state index contributed by atoms with van der Waals surface area (Å²) in [6.07, 6.45) is 0.985. The fourth-order valence-electron chi connectivity index (χ4n) is 2.26. The van der Waals surface area contributed by atoms with Gasteiger partial charge in [-0.15, -0.1) is 11.8 Å². The van der Waals surface area contributed by atoms with Crippen molar-refractivity contribution in [2.24, 2.45) is 0 Å². The number of thioether (sulfide) groups is 1. The first-order chi connectivity index (χ1) is 10.1. The van der Waals surface area contributed by atoms with Crippen LogP contribution in [0.3, 0.4) is 0 Å². The fraction of sp³-hybridized carbons (Fsp3) is 0.188. The molecule has 0 radical (unpaired) electrons. The number of rotatable bonds is 4. The van der Waals surface area contributed by atoms with E-state index in [0.717, 1.165) is 33.4 Å². The van der Waals surface area contributed by atoms with Crippen molar-refractivity contribution in [3.05, 3.63) is 58.6 Å². The molecule has 108 valence electrons. The minimum atomic E-state index is -0.905. The van der Waals surface area contributed by atoms with Crippen LogP contribution in [-0.4, -0.2) is 22.9 Å². The molecule has 1 unspecified atom stereocenters. The minimum absolute atomic E-state index is 0.127. The van der Waals surface area contributed by atoms with E-state index in [1.165, 1.54) is 0 Å². The highest BCUT2D eigenvalue weighted by atomic mass is 35.5. The summed E-state index contributed by atoms with van der Waals surface area (Å²) in [5.41, 5.74) is 1.45. The van der Waals surface area contributed by atoms with Gasteiger partial charge in [-0.1, -0.05) is 11.6 Å². The van der Waals surface area contributed by atoms with E-state index in [2.05, 4.69) is 0 Å². The van der Waals surface area contributed by atoms with Crippen molar-refractivity contribution in [3.8, 4) is 5.75 Å². The summed E-state index contributed by atoms with van der Waals surface area (Å²) >= 11 is 7.64. The summed E-state index contributed by atoms with van der Waals surface area (Å²) in [6, 6.07) is 12.6. The van der Waals surface area contributed by atoms with Gasteiger partial charge in [-0.05, 0) is 48.0 Å². The van der Waals surface area contributed by atoms with E-state index >= 15 is 0 Å². The molecule has 21 heavy (non-hydrogen) atoms. The van der Waals surface area contributed by atoms with Crippen LogP contribution in [0.5, 0.6) is 5.75 Å². The van der Waals surface area contributed by atoms with Gasteiger partial charge in [0.2, 0.25) is 0 Å². The molecule has 1 aliphatic rings. The quantitative estimate of drug-likeness (QED) is 0.860. The predicted molar refractivity (Wildman–Crippen MR) is 83.7 cm³/mol. The molecular weight excluding hydrogens is 308 g/mol. The Labute approximate surface area is 131 Å². The molecule has 0 aromatic heterocycles. The molecule has 2 aromatic rings. The summed E-state index contributed by atoms with van der Waals surface area (Å²) in [4.78, 5) is 11.8. The third-order valence-corrected chi connectivity index (χ3v) is 4.68. The maximum atomic E-state index is 10.8. The highest BCUT2D eigenvalue weighted by Crippen LogP contribution is 2.33. The summed E-state index contributed by atoms with van der Waals surface area (Å²) in [5, 5.41) is 9.59. The van der Waals surface area contributed by atoms with E-state index in [1.54, 1.807) is 23.9 Å². The molecule has 3 nitrogen and oxygen atoms in total. The van der Waals surface area contributed by atoms with Crippen LogP contribution in [0.4, 0.5) is 0 Å². The zero-order valence-electron chi connectivity index (χ0n) is 11.1. The highest BCUT2D eigenvalue weighted by Gasteiger charge is 2.23. The minimum Gasteiger partial charge on any atom is -0.489 e. The van der Waals surface area contributed by atoms with Crippen LogP contribution in [0.2, 0.25) is 5.02 Å². The van der Waals surface area contributed by atoms with Crippen LogP contribution >= 0.6 is 23.4 Å². The molecule has 0 fully saturated rings. The average molecular weight is 321 g/mol. The molecule has 0 bridgehead atoms. The largest absolute Gasteiger partial charge is 0.489 e. The number of hydrogen-bond acceptors (Lipinski definition) is 3. The van der Waals surface area contributed by atoms with Crippen LogP contribution in [-0.2, 0) is 6.42 Å². The van der Waals surface area contributed by atoms with E-state index in [1.807, 2.05) is 30.3 Å². The first kappa shape index (κ1) is 14.3. The van der Waals surface area contributed by atoms with Gasteiger partial charge in [-0.3, -0.25) is 0 Å². The monoisotopic (exact) mass is 320 g/mol. The molecular formula is C16H13ClO3S. The van der Waals surface area contributed by atoms with Crippen molar-refractivity contribution in [2.45, 2.75) is 17.4 Å². The predicted octanol–water partition coefficient (Wildman–Crippen LogP) is 4.13. The number of benzene rings is 2. The van der Waals surface area contributed by atoms with Crippen molar-refractivity contribution in [1.82, 2.24) is 0 Å². The molecule has 5 heteroatoms. The van der Waals surface area contributed by atoms with Crippen LogP contribution in [0.15, 0.2) is 47.4 Å². The third kappa shape index (κ3) is 3.34. The maximum Gasteiger partial charge on any atom is 0.335 e. The Bertz CT molecular complexity index is 670. The number of carboxylic acids is 1. The zero-order chi connectivity index (χ0) is 14.8. The molecule has 1 N–H and O–H groups in total. The number of halogens is 1. The van der Waals surface area contributed by atoms with Crippen molar-refractivity contribution in [2.75, 3.05) is 5.75 Å². The van der Waals surface area contributed by atoms with Gasteiger partial charge in [0.25, 0.3) is 0 Å². The Morgan fingerprint density at radius 3 is 2.76 bits per heavy atom. The smallest absolute Gasteiger partial charge is 0.335 e. The van der Waals surface area contributed by atoms with Crippen molar-refractivity contribution in [3.63, 3.8) is 0 Å². The Morgan fingerprint density at radius 2 is 2.05 bits per heavy atom. The van der Waals surface area contributed by atoms with Gasteiger partial charge in [0.15, 0.2) is 0 Å². The molecule has 3 rings (SSSR count). The van der Waals surface area contributed by atoms with Crippen LogP contribution in [0, 0.1) is 0 Å². The van der Waals surface area contributed by atoms with Gasteiger partial charge in [0.1, 0.15) is 11.9 Å². The second-order valence-corrected chi connectivity index (χ2v) is 6.37. The van der Waals surface area contributed by atoms with Gasteiger partial charge >= 0.3 is 5.97 Å². The molecule has 2 aromatic carbocycles. The lowest BCUT2D eigenvalue weighted by Gasteiger charge is -2.10. The Balaban J connectivity index is 1.58. The molecule has 1 heterocycles. The zero-order valence-corrected chi connectivity index (χ0v) is 12.7. The molecule has 0 spiro atoms. The van der Waals surface area contributed by atoms with Crippen LogP contribution in [0.25, 0.3) is 0 Å². The standard InChI is InChI=1S/C16H13ClO3S/c17-12-3-6-15-11(7-12)8-13(20-15)9-21-14-4-1-10(2-5-14)16(18)19/h1-7,13H,8-9H2,(H,18,19). The lowest BCUT2D eigenvalue weighted by Crippen LogP contribution is -2.15. The van der Waals surface area contributed by atoms with E-state index in [0.29, 0.717) is 5.56 Å². The summed E-state index contributed by atoms with van der Waals surface area (Å²) in [6.45, 7) is 0. The second kappa shape index (κ2) is 6.00. The fourth-order valence-corrected chi connectivity index (χ4v) is 3.35. The first-order valence-electron chi connectivity index (χ1n) is 6.53. The van der Waals surface area contributed by atoms with Gasteiger partial charge in [-0.25, -0.2) is 4.79 Å². The van der Waals surface area contributed by atoms with Gasteiger partial charge in [-0.2, -0.15) is 0 Å². The van der Waals surface area contributed by atoms with Crippen molar-refractivity contribution in [1.29, 1.82) is 0 Å². The molecule has 1 aliphatic heterocycles. The van der Waals surface area contributed by atoms with Gasteiger partial charge < -0.3 is 9.84 Å². The van der Waals surface area contributed by atoms with Crippen molar-refractivity contribution < 1.29 is 14.6 Å². The first-order valence-corrected chi connectivity index (χ1v) is 7.89. The van der Waals surface area contributed by atoms with E-state index in [4.69, 9.17) is 21.4 Å². The van der Waals surface area contributed by atoms with Gasteiger partial charge in [0, 0.05) is 22.1 Å². The molecule has 1 atom stereocenters. The second-order valence-electron chi connectivity index (χ2n) is 4.84. The Hall–Kier alpha value is -1.65. The van der Waals surface area contributed by atoms with Gasteiger partial charge in [0.05, 0.1) is 5.56 Å². The Kier molecular flexibility index (Phi) is 4.08. The molecule has 0 saturated heterocycles. The third-order valence-electron chi connectivity index (χ3n) is 3.30. The molecule has 0 aliphatic carbocycles. The van der Waals surface area contributed by atoms with Crippen LogP contribution in [0.1, 0.15) is 15.9 Å². The molecule has 0 amide bonds. The number of carboxylic acid groups (broad SMARTS) is 1. The lowest BCUT2D eigenvalue weighted by atomic mass is 10.1.